The first-order valence-electron chi connectivity index (χ1n) is 7.59. The number of carbonyl (C=O) groups is 2. The first-order chi connectivity index (χ1) is 10.9. The fraction of sp³-hybridized carbons (Fsp3) is 0.353. The number of pyridine rings is 1. The highest BCUT2D eigenvalue weighted by Crippen LogP contribution is 2.18. The number of urea groups is 1. The number of para-hydroxylation sites is 1. The van der Waals surface area contributed by atoms with Crippen molar-refractivity contribution in [3.8, 4) is 0 Å². The van der Waals surface area contributed by atoms with Crippen molar-refractivity contribution in [1.82, 2.24) is 14.8 Å². The molecule has 0 aliphatic carbocycles. The summed E-state index contributed by atoms with van der Waals surface area (Å²) in [6.07, 6.45) is 0. The maximum absolute atomic E-state index is 12.5. The van der Waals surface area contributed by atoms with Crippen molar-refractivity contribution in [2.45, 2.75) is 26.4 Å². The van der Waals surface area contributed by atoms with Gasteiger partial charge in [0.1, 0.15) is 6.04 Å². The molecule has 1 fully saturated rings. The number of carbonyl (C=O) groups excluding carboxylic acids is 2. The third-order valence-electron chi connectivity index (χ3n) is 4.26. The zero-order valence-corrected chi connectivity index (χ0v) is 13.4. The second-order valence-electron chi connectivity index (χ2n) is 6.19. The highest BCUT2D eigenvalue weighted by atomic mass is 16.2. The van der Waals surface area contributed by atoms with Crippen molar-refractivity contribution in [3.05, 3.63) is 46.2 Å². The molecule has 1 aromatic carbocycles. The van der Waals surface area contributed by atoms with Crippen molar-refractivity contribution in [1.29, 1.82) is 0 Å². The van der Waals surface area contributed by atoms with Gasteiger partial charge in [-0.2, -0.15) is 0 Å². The lowest BCUT2D eigenvalue weighted by Crippen LogP contribution is -2.35. The molecule has 1 aromatic heterocycles. The minimum atomic E-state index is -0.521. The fourth-order valence-corrected chi connectivity index (χ4v) is 2.92. The molecule has 0 radical (unpaired) electrons. The van der Waals surface area contributed by atoms with Gasteiger partial charge in [0.25, 0.3) is 11.5 Å². The van der Waals surface area contributed by atoms with Crippen molar-refractivity contribution in [3.63, 3.8) is 0 Å². The molecule has 0 saturated carbocycles. The molecule has 6 nitrogen and oxygen atoms in total. The van der Waals surface area contributed by atoms with E-state index in [-0.39, 0.29) is 23.9 Å². The number of nitrogens with zero attached hydrogens (tertiary/aromatic N) is 2. The average Bonchev–Trinajstić information content (AvgIpc) is 2.80. The molecule has 3 amide bonds. The first-order valence-corrected chi connectivity index (χ1v) is 7.59. The second kappa shape index (κ2) is 5.53. The van der Waals surface area contributed by atoms with Crippen LogP contribution in [0.1, 0.15) is 19.4 Å². The van der Waals surface area contributed by atoms with E-state index in [0.29, 0.717) is 5.56 Å². The standard InChI is InChI=1S/C17H19N3O3/c1-10(2)14-16(22)20(17(23)18-14)9-12-8-11-6-4-5-7-13(11)19(3)15(12)21/h4-8,10,14H,9H2,1-3H3,(H,18,23). The van der Waals surface area contributed by atoms with Crippen LogP contribution in [0.5, 0.6) is 0 Å². The third-order valence-corrected chi connectivity index (χ3v) is 4.26. The summed E-state index contributed by atoms with van der Waals surface area (Å²) in [6, 6.07) is 8.31. The van der Waals surface area contributed by atoms with E-state index in [9.17, 15) is 14.4 Å². The minimum absolute atomic E-state index is 0.00854. The van der Waals surface area contributed by atoms with Gasteiger partial charge in [-0.1, -0.05) is 32.0 Å². The van der Waals surface area contributed by atoms with E-state index in [1.165, 1.54) is 0 Å². The molecule has 1 aliphatic heterocycles. The maximum Gasteiger partial charge on any atom is 0.325 e. The number of nitrogens with one attached hydrogen (secondary N) is 1. The molecule has 1 atom stereocenters. The number of benzene rings is 1. The molecule has 0 spiro atoms. The molecule has 1 saturated heterocycles. The maximum atomic E-state index is 12.5. The molecule has 2 aromatic rings. The molecule has 6 heteroatoms. The Balaban J connectivity index is 1.99. The van der Waals surface area contributed by atoms with Crippen LogP contribution in [-0.4, -0.2) is 27.4 Å². The highest BCUT2D eigenvalue weighted by Gasteiger charge is 2.39. The molecule has 3 rings (SSSR count). The summed E-state index contributed by atoms with van der Waals surface area (Å²) in [5, 5.41) is 3.57. The quantitative estimate of drug-likeness (QED) is 0.875. The van der Waals surface area contributed by atoms with Crippen LogP contribution in [0.4, 0.5) is 4.79 Å². The third kappa shape index (κ3) is 2.50. The van der Waals surface area contributed by atoms with Crippen LogP contribution in [0.3, 0.4) is 0 Å². The zero-order valence-electron chi connectivity index (χ0n) is 13.4. The van der Waals surface area contributed by atoms with E-state index in [2.05, 4.69) is 5.32 Å². The van der Waals surface area contributed by atoms with E-state index < -0.39 is 12.1 Å². The van der Waals surface area contributed by atoms with E-state index in [4.69, 9.17) is 0 Å². The number of rotatable bonds is 3. The zero-order chi connectivity index (χ0) is 16.7. The minimum Gasteiger partial charge on any atom is -0.326 e. The Morgan fingerprint density at radius 2 is 1.87 bits per heavy atom. The van der Waals surface area contributed by atoms with Crippen LogP contribution < -0.4 is 10.9 Å². The lowest BCUT2D eigenvalue weighted by molar-refractivity contribution is -0.128. The van der Waals surface area contributed by atoms with Crippen LogP contribution in [0.15, 0.2) is 35.1 Å². The lowest BCUT2D eigenvalue weighted by atomic mass is 10.0. The Morgan fingerprint density at radius 3 is 2.52 bits per heavy atom. The molecule has 120 valence electrons. The summed E-state index contributed by atoms with van der Waals surface area (Å²) in [5.41, 5.74) is 1.05. The van der Waals surface area contributed by atoms with Crippen molar-refractivity contribution in [2.75, 3.05) is 0 Å². The van der Waals surface area contributed by atoms with Crippen LogP contribution in [0, 0.1) is 5.92 Å². The summed E-state index contributed by atoms with van der Waals surface area (Å²) >= 11 is 0. The Kier molecular flexibility index (Phi) is 3.67. The normalized spacial score (nSPS) is 18.1. The van der Waals surface area contributed by atoms with Gasteiger partial charge in [-0.3, -0.25) is 14.5 Å². The molecule has 1 N–H and O–H groups in total. The molecule has 23 heavy (non-hydrogen) atoms. The SMILES string of the molecule is CC(C)C1NC(=O)N(Cc2cc3ccccc3n(C)c2=O)C1=O. The van der Waals surface area contributed by atoms with Gasteiger partial charge in [0.2, 0.25) is 0 Å². The number of aromatic nitrogens is 1. The number of fused-ring (bicyclic) bond motifs is 1. The molecular formula is C17H19N3O3. The first kappa shape index (κ1) is 15.3. The van der Waals surface area contributed by atoms with Gasteiger partial charge in [0, 0.05) is 12.6 Å². The van der Waals surface area contributed by atoms with Gasteiger partial charge in [0.15, 0.2) is 0 Å². The van der Waals surface area contributed by atoms with Crippen molar-refractivity contribution in [2.24, 2.45) is 13.0 Å². The summed E-state index contributed by atoms with van der Waals surface area (Å²) in [5.74, 6) is -0.268. The van der Waals surface area contributed by atoms with E-state index in [1.807, 2.05) is 38.1 Å². The fourth-order valence-electron chi connectivity index (χ4n) is 2.92. The molecule has 2 heterocycles. The number of hydrogen-bond donors (Lipinski definition) is 1. The van der Waals surface area contributed by atoms with Crippen LogP contribution in [0.25, 0.3) is 10.9 Å². The number of amides is 3. The molecular weight excluding hydrogens is 294 g/mol. The summed E-state index contributed by atoms with van der Waals surface area (Å²) in [4.78, 5) is 38.0. The number of aryl methyl sites for hydroxylation is 1. The Bertz CT molecular complexity index is 854. The van der Waals surface area contributed by atoms with Gasteiger partial charge < -0.3 is 9.88 Å². The highest BCUT2D eigenvalue weighted by molar-refractivity contribution is 6.04. The Labute approximate surface area is 133 Å². The van der Waals surface area contributed by atoms with Crippen LogP contribution >= 0.6 is 0 Å². The average molecular weight is 313 g/mol. The van der Waals surface area contributed by atoms with Crippen LogP contribution in [0.2, 0.25) is 0 Å². The Hall–Kier alpha value is -2.63. The van der Waals surface area contributed by atoms with Gasteiger partial charge in [-0.15, -0.1) is 0 Å². The predicted molar refractivity (Wildman–Crippen MR) is 86.9 cm³/mol. The number of hydrogen-bond acceptors (Lipinski definition) is 3. The molecule has 1 aliphatic rings. The molecule has 0 bridgehead atoms. The van der Waals surface area contributed by atoms with E-state index >= 15 is 0 Å². The summed E-state index contributed by atoms with van der Waals surface area (Å²) < 4.78 is 1.54. The van der Waals surface area contributed by atoms with Crippen LogP contribution in [-0.2, 0) is 18.4 Å². The topological polar surface area (TPSA) is 71.4 Å². The molecule has 1 unspecified atom stereocenters. The Morgan fingerprint density at radius 1 is 1.17 bits per heavy atom. The lowest BCUT2D eigenvalue weighted by Gasteiger charge is -2.15. The van der Waals surface area contributed by atoms with E-state index in [0.717, 1.165) is 15.8 Å². The van der Waals surface area contributed by atoms with Crippen molar-refractivity contribution >= 4 is 22.8 Å². The van der Waals surface area contributed by atoms with Gasteiger partial charge in [-0.05, 0) is 23.4 Å². The summed E-state index contributed by atoms with van der Waals surface area (Å²) in [7, 11) is 1.69. The monoisotopic (exact) mass is 313 g/mol. The largest absolute Gasteiger partial charge is 0.326 e. The van der Waals surface area contributed by atoms with Gasteiger partial charge in [0.05, 0.1) is 12.1 Å². The second-order valence-corrected chi connectivity index (χ2v) is 6.19. The summed E-state index contributed by atoms with van der Waals surface area (Å²) in [6.45, 7) is 3.74. The van der Waals surface area contributed by atoms with Gasteiger partial charge >= 0.3 is 6.03 Å². The number of imide groups is 1. The van der Waals surface area contributed by atoms with Crippen molar-refractivity contribution < 1.29 is 9.59 Å². The smallest absolute Gasteiger partial charge is 0.325 e. The van der Waals surface area contributed by atoms with E-state index in [1.54, 1.807) is 17.7 Å². The predicted octanol–water partition coefficient (Wildman–Crippen LogP) is 1.61. The van der Waals surface area contributed by atoms with Gasteiger partial charge in [-0.25, -0.2) is 4.79 Å².